The van der Waals surface area contributed by atoms with Gasteiger partial charge >= 0.3 is 0 Å². The standard InChI is InChI=1S/C8H22O2Si2.C6H18O2Si2/c1-7-9-11(3,4)12(5,6)10-8-2;1-7-9(3,4)10(5,6)8-2/h7-8H2,1-6H3;1-6H3. The van der Waals surface area contributed by atoms with Crippen LogP contribution in [0.1, 0.15) is 13.8 Å². The molecule has 0 atom stereocenters. The highest BCUT2D eigenvalue weighted by atomic mass is 29.3. The van der Waals surface area contributed by atoms with Crippen LogP contribution in [0.5, 0.6) is 0 Å². The molecule has 0 spiro atoms. The first-order valence-electron chi connectivity index (χ1n) is 8.12. The normalized spacial score (nSPS) is 13.6. The maximum atomic E-state index is 5.82. The largest absolute Gasteiger partial charge is 0.420 e. The number of hydrogen-bond donors (Lipinski definition) is 0. The fourth-order valence-electron chi connectivity index (χ4n) is 1.56. The maximum Gasteiger partial charge on any atom is 0.204 e. The minimum atomic E-state index is -1.54. The van der Waals surface area contributed by atoms with Crippen molar-refractivity contribution < 1.29 is 17.7 Å². The Bertz CT molecular complexity index is 277. The molecule has 0 aliphatic rings. The van der Waals surface area contributed by atoms with E-state index < -0.39 is 31.3 Å². The summed E-state index contributed by atoms with van der Waals surface area (Å²) in [7, 11) is -2.46. The highest BCUT2D eigenvalue weighted by molar-refractivity contribution is 7.36. The molecule has 0 aromatic carbocycles. The van der Waals surface area contributed by atoms with E-state index in [1.165, 1.54) is 0 Å². The topological polar surface area (TPSA) is 36.9 Å². The van der Waals surface area contributed by atoms with E-state index in [-0.39, 0.29) is 0 Å². The van der Waals surface area contributed by atoms with Crippen LogP contribution < -0.4 is 0 Å². The van der Waals surface area contributed by atoms with Crippen LogP contribution in [0.4, 0.5) is 0 Å². The molecule has 136 valence electrons. The SMILES string of the molecule is CCO[Si](C)(C)[Si](C)(C)OCC.CO[Si](C)(C)[Si](C)(C)OC. The van der Waals surface area contributed by atoms with E-state index in [0.717, 1.165) is 13.2 Å². The van der Waals surface area contributed by atoms with E-state index in [1.807, 2.05) is 0 Å². The Kier molecular flexibility index (Phi) is 11.2. The van der Waals surface area contributed by atoms with Gasteiger partial charge in [0.25, 0.3) is 0 Å². The molecule has 0 aliphatic carbocycles. The summed E-state index contributed by atoms with van der Waals surface area (Å²) in [4.78, 5) is 0. The summed E-state index contributed by atoms with van der Waals surface area (Å²) in [6.45, 7) is 23.7. The van der Waals surface area contributed by atoms with E-state index in [1.54, 1.807) is 14.2 Å². The fourth-order valence-corrected chi connectivity index (χ4v) is 10.6. The van der Waals surface area contributed by atoms with Gasteiger partial charge in [-0.3, -0.25) is 0 Å². The zero-order valence-corrected chi connectivity index (χ0v) is 21.0. The van der Waals surface area contributed by atoms with Crippen LogP contribution in [0, 0.1) is 0 Å². The van der Waals surface area contributed by atoms with Gasteiger partial charge in [0.05, 0.1) is 0 Å². The summed E-state index contributed by atoms with van der Waals surface area (Å²) in [6.07, 6.45) is 0. The number of rotatable bonds is 8. The van der Waals surface area contributed by atoms with Gasteiger partial charge in [-0.05, 0) is 66.2 Å². The predicted octanol–water partition coefficient (Wildman–Crippen LogP) is 4.32. The Balaban J connectivity index is 0. The lowest BCUT2D eigenvalue weighted by atomic mass is 10.9. The highest BCUT2D eigenvalue weighted by Crippen LogP contribution is 2.21. The summed E-state index contributed by atoms with van der Waals surface area (Å²) in [5.74, 6) is 0. The molecular formula is C14H40O4Si4. The third-order valence-electron chi connectivity index (χ3n) is 4.93. The second kappa shape index (κ2) is 9.87. The summed E-state index contributed by atoms with van der Waals surface area (Å²) < 4.78 is 22.6. The maximum absolute atomic E-state index is 5.82. The van der Waals surface area contributed by atoms with E-state index in [4.69, 9.17) is 17.7 Å². The van der Waals surface area contributed by atoms with Crippen molar-refractivity contribution in [2.24, 2.45) is 0 Å². The highest BCUT2D eigenvalue weighted by Gasteiger charge is 2.44. The molecule has 0 unspecified atom stereocenters. The molecule has 0 heterocycles. The Hall–Kier alpha value is 0.708. The third-order valence-corrected chi connectivity index (χ3v) is 34.3. The lowest BCUT2D eigenvalue weighted by Crippen LogP contribution is -2.59. The molecule has 0 bridgehead atoms. The van der Waals surface area contributed by atoms with Crippen LogP contribution in [-0.4, -0.2) is 58.8 Å². The predicted molar refractivity (Wildman–Crippen MR) is 107 cm³/mol. The quantitative estimate of drug-likeness (QED) is 0.584. The Labute approximate surface area is 143 Å². The van der Waals surface area contributed by atoms with Crippen molar-refractivity contribution >= 4 is 31.3 Å². The Morgan fingerprint density at radius 3 is 0.864 bits per heavy atom. The van der Waals surface area contributed by atoms with Gasteiger partial charge in [0.1, 0.15) is 0 Å². The van der Waals surface area contributed by atoms with Crippen molar-refractivity contribution in [2.45, 2.75) is 66.2 Å². The fraction of sp³-hybridized carbons (Fsp3) is 1.00. The average Bonchev–Trinajstić information content (AvgIpc) is 2.38. The van der Waals surface area contributed by atoms with Crippen LogP contribution in [0.3, 0.4) is 0 Å². The van der Waals surface area contributed by atoms with Gasteiger partial charge in [-0.15, -0.1) is 0 Å². The molecule has 22 heavy (non-hydrogen) atoms. The molecule has 4 nitrogen and oxygen atoms in total. The minimum absolute atomic E-state index is 0.822. The van der Waals surface area contributed by atoms with Gasteiger partial charge in [-0.2, -0.15) is 0 Å². The van der Waals surface area contributed by atoms with Crippen molar-refractivity contribution in [3.05, 3.63) is 0 Å². The van der Waals surface area contributed by atoms with Crippen molar-refractivity contribution in [3.63, 3.8) is 0 Å². The van der Waals surface area contributed by atoms with E-state index in [9.17, 15) is 0 Å². The van der Waals surface area contributed by atoms with E-state index >= 15 is 0 Å². The minimum Gasteiger partial charge on any atom is -0.420 e. The first-order chi connectivity index (χ1) is 9.74. The van der Waals surface area contributed by atoms with Crippen LogP contribution >= 0.6 is 0 Å². The third kappa shape index (κ3) is 7.52. The molecule has 0 radical (unpaired) electrons. The summed E-state index contributed by atoms with van der Waals surface area (Å²) in [5, 5.41) is 0. The van der Waals surface area contributed by atoms with Crippen molar-refractivity contribution in [1.29, 1.82) is 0 Å². The molecule has 0 saturated carbocycles. The van der Waals surface area contributed by atoms with Gasteiger partial charge in [-0.25, -0.2) is 0 Å². The lowest BCUT2D eigenvalue weighted by Gasteiger charge is -2.36. The zero-order chi connectivity index (χ0) is 18.2. The van der Waals surface area contributed by atoms with Gasteiger partial charge in [-0.1, -0.05) is 0 Å². The first kappa shape index (κ1) is 25.0. The first-order valence-corrected chi connectivity index (χ1v) is 21.8. The Morgan fingerprint density at radius 1 is 0.500 bits per heavy atom. The number of hydrogen-bond acceptors (Lipinski definition) is 4. The van der Waals surface area contributed by atoms with Crippen LogP contribution in [0.25, 0.3) is 0 Å². The summed E-state index contributed by atoms with van der Waals surface area (Å²) in [6, 6.07) is 0. The Morgan fingerprint density at radius 2 is 0.727 bits per heavy atom. The molecular weight excluding hydrogens is 344 g/mol. The molecule has 0 fully saturated rings. The molecule has 0 aromatic rings. The second-order valence-corrected chi connectivity index (χ2v) is 35.2. The molecule has 0 saturated heterocycles. The van der Waals surface area contributed by atoms with Gasteiger partial charge in [0, 0.05) is 27.4 Å². The summed E-state index contributed by atoms with van der Waals surface area (Å²) in [5.41, 5.74) is 0. The smallest absolute Gasteiger partial charge is 0.204 e. The van der Waals surface area contributed by atoms with E-state index in [2.05, 4.69) is 66.2 Å². The van der Waals surface area contributed by atoms with E-state index in [0.29, 0.717) is 0 Å². The molecule has 0 aliphatic heterocycles. The zero-order valence-electron chi connectivity index (χ0n) is 17.0. The average molecular weight is 385 g/mol. The lowest BCUT2D eigenvalue weighted by molar-refractivity contribution is 0.306. The molecule has 0 aromatic heterocycles. The molecule has 0 rings (SSSR count). The van der Waals surface area contributed by atoms with Gasteiger partial charge in [0.2, 0.25) is 31.3 Å². The van der Waals surface area contributed by atoms with Crippen molar-refractivity contribution in [2.75, 3.05) is 27.4 Å². The van der Waals surface area contributed by atoms with Crippen LogP contribution in [-0.2, 0) is 17.7 Å². The monoisotopic (exact) mass is 384 g/mol. The molecule has 0 amide bonds. The molecule has 8 heteroatoms. The summed E-state index contributed by atoms with van der Waals surface area (Å²) >= 11 is 0. The van der Waals surface area contributed by atoms with Gasteiger partial charge < -0.3 is 17.7 Å². The van der Waals surface area contributed by atoms with Crippen molar-refractivity contribution in [1.82, 2.24) is 0 Å². The van der Waals surface area contributed by atoms with Crippen LogP contribution in [0.2, 0.25) is 52.4 Å². The van der Waals surface area contributed by atoms with Crippen LogP contribution in [0.15, 0.2) is 0 Å². The van der Waals surface area contributed by atoms with Crippen molar-refractivity contribution in [3.8, 4) is 0 Å². The molecule has 0 N–H and O–H groups in total. The second-order valence-electron chi connectivity index (χ2n) is 7.32. The van der Waals surface area contributed by atoms with Gasteiger partial charge in [0.15, 0.2) is 0 Å².